The van der Waals surface area contributed by atoms with Crippen molar-refractivity contribution < 1.29 is 18.7 Å². The molecule has 2 aromatic carbocycles. The first-order valence-electron chi connectivity index (χ1n) is 7.63. The lowest BCUT2D eigenvalue weighted by molar-refractivity contribution is -0.147. The Balaban J connectivity index is 1.83. The third kappa shape index (κ3) is 6.17. The lowest BCUT2D eigenvalue weighted by Crippen LogP contribution is -2.30. The van der Waals surface area contributed by atoms with Crippen LogP contribution in [0.4, 0.5) is 4.39 Å². The second-order valence-corrected chi connectivity index (χ2v) is 6.31. The molecule has 136 valence electrons. The van der Waals surface area contributed by atoms with Crippen molar-refractivity contribution in [1.29, 1.82) is 0 Å². The lowest BCUT2D eigenvalue weighted by Gasteiger charge is -2.17. The van der Waals surface area contributed by atoms with Gasteiger partial charge in [-0.3, -0.25) is 4.79 Å². The van der Waals surface area contributed by atoms with Gasteiger partial charge in [0.05, 0.1) is 10.0 Å². The smallest absolute Gasteiger partial charge is 0.331 e. The van der Waals surface area contributed by atoms with Gasteiger partial charge in [-0.1, -0.05) is 41.4 Å². The van der Waals surface area contributed by atoms with Crippen molar-refractivity contribution >= 4 is 41.2 Å². The second kappa shape index (κ2) is 9.36. The van der Waals surface area contributed by atoms with Gasteiger partial charge < -0.3 is 9.64 Å². The molecule has 1 amide bonds. The molecule has 0 N–H and O–H groups in total. The number of benzene rings is 2. The molecular weight excluding hydrogens is 380 g/mol. The Labute approximate surface area is 160 Å². The average molecular weight is 396 g/mol. The van der Waals surface area contributed by atoms with Gasteiger partial charge in [0.2, 0.25) is 0 Å². The van der Waals surface area contributed by atoms with E-state index in [0.717, 1.165) is 0 Å². The van der Waals surface area contributed by atoms with Crippen LogP contribution in [0, 0.1) is 5.82 Å². The Morgan fingerprint density at radius 3 is 2.62 bits per heavy atom. The number of esters is 1. The van der Waals surface area contributed by atoms with Crippen molar-refractivity contribution in [2.24, 2.45) is 0 Å². The molecule has 0 bridgehead atoms. The molecule has 0 saturated heterocycles. The minimum atomic E-state index is -0.663. The first-order chi connectivity index (χ1) is 12.3. The molecule has 0 unspecified atom stereocenters. The van der Waals surface area contributed by atoms with Crippen LogP contribution in [0.2, 0.25) is 10.0 Å². The fourth-order valence-electron chi connectivity index (χ4n) is 2.07. The number of ether oxygens (including phenoxy) is 1. The van der Waals surface area contributed by atoms with E-state index >= 15 is 0 Å². The van der Waals surface area contributed by atoms with Gasteiger partial charge in [-0.05, 0) is 41.5 Å². The number of carbonyl (C=O) groups is 2. The Bertz CT molecular complexity index is 839. The van der Waals surface area contributed by atoms with Crippen LogP contribution >= 0.6 is 23.2 Å². The van der Waals surface area contributed by atoms with Crippen LogP contribution in [-0.2, 0) is 20.9 Å². The van der Waals surface area contributed by atoms with Gasteiger partial charge in [0, 0.05) is 19.7 Å². The van der Waals surface area contributed by atoms with E-state index in [1.165, 1.54) is 29.2 Å². The van der Waals surface area contributed by atoms with Crippen molar-refractivity contribution in [3.05, 3.63) is 75.5 Å². The Kier molecular flexibility index (Phi) is 7.18. The monoisotopic (exact) mass is 395 g/mol. The number of amides is 1. The maximum Gasteiger partial charge on any atom is 0.331 e. The topological polar surface area (TPSA) is 46.6 Å². The third-order valence-electron chi connectivity index (χ3n) is 3.43. The summed E-state index contributed by atoms with van der Waals surface area (Å²) in [6.07, 6.45) is 2.70. The highest BCUT2D eigenvalue weighted by Gasteiger charge is 2.11. The van der Waals surface area contributed by atoms with Crippen LogP contribution in [-0.4, -0.2) is 30.4 Å². The minimum absolute atomic E-state index is 0.216. The zero-order chi connectivity index (χ0) is 19.1. The maximum atomic E-state index is 13.1. The number of likely N-dealkylation sites (N-methyl/N-ethyl adjacent to an activating group) is 1. The highest BCUT2D eigenvalue weighted by Crippen LogP contribution is 2.23. The number of hydrogen-bond donors (Lipinski definition) is 0. The van der Waals surface area contributed by atoms with Crippen LogP contribution in [0.3, 0.4) is 0 Å². The van der Waals surface area contributed by atoms with E-state index < -0.39 is 18.5 Å². The van der Waals surface area contributed by atoms with E-state index in [1.54, 1.807) is 37.4 Å². The van der Waals surface area contributed by atoms with Crippen LogP contribution in [0.5, 0.6) is 0 Å². The van der Waals surface area contributed by atoms with E-state index in [2.05, 4.69) is 0 Å². The lowest BCUT2D eigenvalue weighted by atomic mass is 10.2. The SMILES string of the molecule is CN(Cc1cccc(F)c1)C(=O)COC(=O)/C=C/c1ccc(Cl)c(Cl)c1. The largest absolute Gasteiger partial charge is 0.452 e. The summed E-state index contributed by atoms with van der Waals surface area (Å²) in [6, 6.07) is 10.8. The molecule has 0 aliphatic rings. The quantitative estimate of drug-likeness (QED) is 0.539. The summed E-state index contributed by atoms with van der Waals surface area (Å²) in [4.78, 5) is 25.1. The Morgan fingerprint density at radius 1 is 1.15 bits per heavy atom. The van der Waals surface area contributed by atoms with Gasteiger partial charge in [-0.25, -0.2) is 9.18 Å². The molecule has 2 rings (SSSR count). The van der Waals surface area contributed by atoms with Gasteiger partial charge in [-0.2, -0.15) is 0 Å². The number of rotatable bonds is 6. The summed E-state index contributed by atoms with van der Waals surface area (Å²) >= 11 is 11.7. The molecule has 0 fully saturated rings. The number of halogens is 3. The molecule has 0 aliphatic carbocycles. The second-order valence-electron chi connectivity index (χ2n) is 5.49. The van der Waals surface area contributed by atoms with Crippen LogP contribution < -0.4 is 0 Å². The molecule has 7 heteroatoms. The van der Waals surface area contributed by atoms with E-state index in [9.17, 15) is 14.0 Å². The number of nitrogens with zero attached hydrogens (tertiary/aromatic N) is 1. The third-order valence-corrected chi connectivity index (χ3v) is 4.17. The zero-order valence-corrected chi connectivity index (χ0v) is 15.4. The molecule has 0 radical (unpaired) electrons. The van der Waals surface area contributed by atoms with Gasteiger partial charge in [0.1, 0.15) is 5.82 Å². The zero-order valence-electron chi connectivity index (χ0n) is 13.9. The molecule has 0 saturated carbocycles. The Hall–Kier alpha value is -2.37. The van der Waals surface area contributed by atoms with Crippen LogP contribution in [0.25, 0.3) is 6.08 Å². The molecule has 2 aromatic rings. The fourth-order valence-corrected chi connectivity index (χ4v) is 2.38. The molecule has 0 spiro atoms. The summed E-state index contributed by atoms with van der Waals surface area (Å²) in [7, 11) is 1.55. The molecule has 4 nitrogen and oxygen atoms in total. The van der Waals surface area contributed by atoms with E-state index in [-0.39, 0.29) is 12.4 Å². The van der Waals surface area contributed by atoms with Crippen molar-refractivity contribution in [2.75, 3.05) is 13.7 Å². The van der Waals surface area contributed by atoms with Gasteiger partial charge in [0.15, 0.2) is 6.61 Å². The molecule has 0 heterocycles. The van der Waals surface area contributed by atoms with Gasteiger partial charge in [0.25, 0.3) is 5.91 Å². The van der Waals surface area contributed by atoms with E-state index in [1.807, 2.05) is 0 Å². The average Bonchev–Trinajstić information content (AvgIpc) is 2.60. The van der Waals surface area contributed by atoms with Gasteiger partial charge >= 0.3 is 5.97 Å². The fraction of sp³-hybridized carbons (Fsp3) is 0.158. The van der Waals surface area contributed by atoms with Crippen LogP contribution in [0.1, 0.15) is 11.1 Å². The Morgan fingerprint density at radius 2 is 1.92 bits per heavy atom. The molecule has 0 aromatic heterocycles. The predicted octanol–water partition coefficient (Wildman–Crippen LogP) is 4.35. The summed E-state index contributed by atoms with van der Waals surface area (Å²) < 4.78 is 18.1. The molecule has 0 aliphatic heterocycles. The van der Waals surface area contributed by atoms with Crippen molar-refractivity contribution in [1.82, 2.24) is 4.90 Å². The summed E-state index contributed by atoms with van der Waals surface area (Å²) in [5, 5.41) is 0.787. The minimum Gasteiger partial charge on any atom is -0.452 e. The van der Waals surface area contributed by atoms with Crippen molar-refractivity contribution in [2.45, 2.75) is 6.54 Å². The van der Waals surface area contributed by atoms with Crippen LogP contribution in [0.15, 0.2) is 48.5 Å². The molecule has 26 heavy (non-hydrogen) atoms. The van der Waals surface area contributed by atoms with Crippen molar-refractivity contribution in [3.63, 3.8) is 0 Å². The first-order valence-corrected chi connectivity index (χ1v) is 8.39. The summed E-state index contributed by atoms with van der Waals surface area (Å²) in [6.45, 7) is -0.191. The highest BCUT2D eigenvalue weighted by molar-refractivity contribution is 6.42. The van der Waals surface area contributed by atoms with E-state index in [4.69, 9.17) is 27.9 Å². The number of hydrogen-bond acceptors (Lipinski definition) is 3. The first kappa shape index (κ1) is 19.9. The maximum absolute atomic E-state index is 13.1. The number of carbonyl (C=O) groups excluding carboxylic acids is 2. The summed E-state index contributed by atoms with van der Waals surface area (Å²) in [5.74, 6) is -1.43. The standard InChI is InChI=1S/C19H16Cl2FNO3/c1-23(11-14-3-2-4-15(22)9-14)18(24)12-26-19(25)8-6-13-5-7-16(20)17(21)10-13/h2-10H,11-12H2,1H3/b8-6+. The predicted molar refractivity (Wildman–Crippen MR) is 99.3 cm³/mol. The summed E-state index contributed by atoms with van der Waals surface area (Å²) in [5.41, 5.74) is 1.32. The normalized spacial score (nSPS) is 10.8. The van der Waals surface area contributed by atoms with Gasteiger partial charge in [-0.15, -0.1) is 0 Å². The van der Waals surface area contributed by atoms with E-state index in [0.29, 0.717) is 21.2 Å². The van der Waals surface area contributed by atoms with Crippen molar-refractivity contribution in [3.8, 4) is 0 Å². The molecular formula is C19H16Cl2FNO3. The molecule has 0 atom stereocenters. The highest BCUT2D eigenvalue weighted by atomic mass is 35.5.